The molecule has 0 radical (unpaired) electrons. The molecule has 0 aliphatic carbocycles. The van der Waals surface area contributed by atoms with Gasteiger partial charge in [-0.15, -0.1) is 0 Å². The van der Waals surface area contributed by atoms with E-state index in [-0.39, 0.29) is 6.54 Å². The van der Waals surface area contributed by atoms with Crippen molar-refractivity contribution in [3.05, 3.63) is 54.4 Å². The lowest BCUT2D eigenvalue weighted by Crippen LogP contribution is -2.56. The zero-order chi connectivity index (χ0) is 27.7. The van der Waals surface area contributed by atoms with Gasteiger partial charge in [0.1, 0.15) is 18.2 Å². The van der Waals surface area contributed by atoms with Crippen LogP contribution in [-0.2, 0) is 9.53 Å². The zero-order valence-electron chi connectivity index (χ0n) is 22.1. The van der Waals surface area contributed by atoms with Crippen LogP contribution in [0.2, 0.25) is 0 Å². The van der Waals surface area contributed by atoms with Crippen molar-refractivity contribution in [2.24, 2.45) is 0 Å². The standard InChI is InChI=1S/C28H31F2N7O3/c1-18-12-19(2-7-24(18)40-23-13-28(29,30)26(38)31-14-23)25-32-17-33-27(35-25)34-20-3-5-21(6-4-20)36-8-10-37(11-9-36)22-15-39-16-22/h2-7,12,17,22-23H,8-11,13-16H2,1H3,(H,31,38)(H,32,33,34,35). The van der Waals surface area contributed by atoms with Crippen molar-refractivity contribution in [2.45, 2.75) is 31.4 Å². The van der Waals surface area contributed by atoms with Crippen LogP contribution in [0.3, 0.4) is 0 Å². The SMILES string of the molecule is Cc1cc(-c2ncnc(Nc3ccc(N4CCN(C5COC5)CC4)cc3)n2)ccc1OC1CNC(=O)C(F)(F)C1. The molecule has 1 amide bonds. The first-order chi connectivity index (χ1) is 19.3. The second-order valence-electron chi connectivity index (χ2n) is 10.4. The number of nitrogens with zero attached hydrogens (tertiary/aromatic N) is 5. The second kappa shape index (κ2) is 10.9. The Morgan fingerprint density at radius 1 is 1.07 bits per heavy atom. The molecule has 1 aromatic heterocycles. The van der Waals surface area contributed by atoms with Gasteiger partial charge in [-0.2, -0.15) is 13.8 Å². The third kappa shape index (κ3) is 5.68. The molecule has 0 bridgehead atoms. The summed E-state index contributed by atoms with van der Waals surface area (Å²) in [5.41, 5.74) is 3.52. The third-order valence-corrected chi connectivity index (χ3v) is 7.54. The van der Waals surface area contributed by atoms with Gasteiger partial charge in [0.15, 0.2) is 5.82 Å². The number of alkyl halides is 2. The number of ether oxygens (including phenoxy) is 2. The molecule has 10 nitrogen and oxygen atoms in total. The molecule has 0 spiro atoms. The van der Waals surface area contributed by atoms with E-state index in [1.807, 2.05) is 25.1 Å². The third-order valence-electron chi connectivity index (χ3n) is 7.54. The van der Waals surface area contributed by atoms with Crippen LogP contribution in [0.5, 0.6) is 5.75 Å². The Balaban J connectivity index is 1.07. The molecule has 3 aliphatic heterocycles. The minimum atomic E-state index is -3.44. The monoisotopic (exact) mass is 551 g/mol. The lowest BCUT2D eigenvalue weighted by molar-refractivity contribution is -0.154. The lowest BCUT2D eigenvalue weighted by Gasteiger charge is -2.43. The Morgan fingerprint density at radius 2 is 1.85 bits per heavy atom. The van der Waals surface area contributed by atoms with Gasteiger partial charge >= 0.3 is 5.92 Å². The smallest absolute Gasteiger partial charge is 0.328 e. The molecule has 3 aliphatic rings. The van der Waals surface area contributed by atoms with Gasteiger partial charge < -0.3 is 25.0 Å². The van der Waals surface area contributed by atoms with Gasteiger partial charge in [0, 0.05) is 43.1 Å². The maximum atomic E-state index is 13.8. The van der Waals surface area contributed by atoms with Crippen molar-refractivity contribution in [3.63, 3.8) is 0 Å². The van der Waals surface area contributed by atoms with E-state index >= 15 is 0 Å². The molecule has 3 saturated heterocycles. The van der Waals surface area contributed by atoms with E-state index in [2.05, 4.69) is 47.5 Å². The number of hydrogen-bond donors (Lipinski definition) is 2. The maximum absolute atomic E-state index is 13.8. The predicted octanol–water partition coefficient (Wildman–Crippen LogP) is 3.01. The fraction of sp³-hybridized carbons (Fsp3) is 0.429. The van der Waals surface area contributed by atoms with Crippen molar-refractivity contribution in [1.82, 2.24) is 25.2 Å². The normalized spacial score (nSPS) is 21.4. The molecule has 6 rings (SSSR count). The topological polar surface area (TPSA) is 105 Å². The van der Waals surface area contributed by atoms with Crippen molar-refractivity contribution in [1.29, 1.82) is 0 Å². The van der Waals surface area contributed by atoms with Crippen LogP contribution in [0.1, 0.15) is 12.0 Å². The molecule has 3 aromatic rings. The predicted molar refractivity (Wildman–Crippen MR) is 145 cm³/mol. The van der Waals surface area contributed by atoms with Gasteiger partial charge in [-0.1, -0.05) is 0 Å². The summed E-state index contributed by atoms with van der Waals surface area (Å²) < 4.78 is 38.6. The van der Waals surface area contributed by atoms with E-state index in [1.54, 1.807) is 12.1 Å². The molecular formula is C28H31F2N7O3. The van der Waals surface area contributed by atoms with E-state index in [1.165, 1.54) is 12.0 Å². The number of nitrogens with one attached hydrogen (secondary N) is 2. The number of aromatic nitrogens is 3. The highest BCUT2D eigenvalue weighted by atomic mass is 19.3. The summed E-state index contributed by atoms with van der Waals surface area (Å²) in [5, 5.41) is 5.44. The van der Waals surface area contributed by atoms with Crippen molar-refractivity contribution in [3.8, 4) is 17.1 Å². The number of carbonyl (C=O) groups excluding carboxylic acids is 1. The first-order valence-corrected chi connectivity index (χ1v) is 13.4. The minimum absolute atomic E-state index is 0.0337. The summed E-state index contributed by atoms with van der Waals surface area (Å²) in [6.07, 6.45) is -0.0298. The van der Waals surface area contributed by atoms with Crippen LogP contribution in [0.25, 0.3) is 11.4 Å². The molecule has 0 saturated carbocycles. The highest BCUT2D eigenvalue weighted by Gasteiger charge is 2.45. The molecule has 12 heteroatoms. The number of hydrogen-bond acceptors (Lipinski definition) is 9. The number of aryl methyl sites for hydroxylation is 1. The first kappa shape index (κ1) is 26.3. The second-order valence-corrected chi connectivity index (χ2v) is 10.4. The van der Waals surface area contributed by atoms with E-state index in [0.717, 1.165) is 56.2 Å². The van der Waals surface area contributed by atoms with E-state index in [9.17, 15) is 13.6 Å². The molecule has 2 aromatic carbocycles. The zero-order valence-corrected chi connectivity index (χ0v) is 22.1. The Labute approximate surface area is 230 Å². The average Bonchev–Trinajstić information content (AvgIpc) is 2.92. The quantitative estimate of drug-likeness (QED) is 0.459. The molecule has 1 atom stereocenters. The highest BCUT2D eigenvalue weighted by molar-refractivity contribution is 5.84. The van der Waals surface area contributed by atoms with E-state index in [0.29, 0.717) is 23.6 Å². The summed E-state index contributed by atoms with van der Waals surface area (Å²) in [6.45, 7) is 7.63. The molecule has 210 valence electrons. The van der Waals surface area contributed by atoms with Gasteiger partial charge in [-0.05, 0) is 55.0 Å². The minimum Gasteiger partial charge on any atom is -0.488 e. The van der Waals surface area contributed by atoms with Crippen molar-refractivity contribution >= 4 is 23.2 Å². The summed E-state index contributed by atoms with van der Waals surface area (Å²) in [6, 6.07) is 14.1. The fourth-order valence-electron chi connectivity index (χ4n) is 5.13. The summed E-state index contributed by atoms with van der Waals surface area (Å²) in [4.78, 5) is 29.3. The number of halogens is 2. The average molecular weight is 552 g/mol. The van der Waals surface area contributed by atoms with Crippen LogP contribution in [0, 0.1) is 6.92 Å². The lowest BCUT2D eigenvalue weighted by atomic mass is 10.1. The number of carbonyl (C=O) groups is 1. The van der Waals surface area contributed by atoms with Crippen LogP contribution in [0.4, 0.5) is 26.1 Å². The number of amides is 1. The van der Waals surface area contributed by atoms with Gasteiger partial charge in [-0.3, -0.25) is 9.69 Å². The fourth-order valence-corrected chi connectivity index (χ4v) is 5.13. The molecule has 2 N–H and O–H groups in total. The van der Waals surface area contributed by atoms with Crippen LogP contribution in [0.15, 0.2) is 48.8 Å². The maximum Gasteiger partial charge on any atom is 0.328 e. The van der Waals surface area contributed by atoms with Gasteiger partial charge in [-0.25, -0.2) is 9.97 Å². The molecule has 1 unspecified atom stereocenters. The van der Waals surface area contributed by atoms with Gasteiger partial charge in [0.25, 0.3) is 5.91 Å². The summed E-state index contributed by atoms with van der Waals surface area (Å²) >= 11 is 0. The number of anilines is 3. The molecular weight excluding hydrogens is 520 g/mol. The van der Waals surface area contributed by atoms with Crippen LogP contribution < -0.4 is 20.3 Å². The summed E-state index contributed by atoms with van der Waals surface area (Å²) in [7, 11) is 0. The van der Waals surface area contributed by atoms with Crippen LogP contribution >= 0.6 is 0 Å². The Hall–Kier alpha value is -3.90. The Bertz CT molecular complexity index is 1360. The number of piperazine rings is 1. The van der Waals surface area contributed by atoms with Gasteiger partial charge in [0.2, 0.25) is 5.95 Å². The number of rotatable bonds is 7. The highest BCUT2D eigenvalue weighted by Crippen LogP contribution is 2.30. The van der Waals surface area contributed by atoms with E-state index in [4.69, 9.17) is 9.47 Å². The largest absolute Gasteiger partial charge is 0.488 e. The molecule has 40 heavy (non-hydrogen) atoms. The summed E-state index contributed by atoms with van der Waals surface area (Å²) in [5.74, 6) is -3.36. The molecule has 4 heterocycles. The number of piperidine rings is 1. The Kier molecular flexibility index (Phi) is 7.20. The first-order valence-electron chi connectivity index (χ1n) is 13.4. The number of benzene rings is 2. The molecule has 3 fully saturated rings. The van der Waals surface area contributed by atoms with Crippen molar-refractivity contribution in [2.75, 3.05) is 56.2 Å². The van der Waals surface area contributed by atoms with E-state index < -0.39 is 24.4 Å². The van der Waals surface area contributed by atoms with Crippen molar-refractivity contribution < 1.29 is 23.0 Å². The van der Waals surface area contributed by atoms with Crippen LogP contribution in [-0.4, -0.2) is 89.8 Å². The van der Waals surface area contributed by atoms with Gasteiger partial charge in [0.05, 0.1) is 32.2 Å². The Morgan fingerprint density at radius 3 is 2.52 bits per heavy atom.